The summed E-state index contributed by atoms with van der Waals surface area (Å²) in [4.78, 5) is 5.59. The van der Waals surface area contributed by atoms with Crippen LogP contribution in [-0.2, 0) is 10.0 Å². The van der Waals surface area contributed by atoms with Gasteiger partial charge in [-0.25, -0.2) is 13.1 Å². The second-order valence-electron chi connectivity index (χ2n) is 5.44. The summed E-state index contributed by atoms with van der Waals surface area (Å²) in [6, 6.07) is 8.04. The summed E-state index contributed by atoms with van der Waals surface area (Å²) in [5, 5.41) is 0.891. The number of fused-ring (bicyclic) bond motifs is 1. The third-order valence-electron chi connectivity index (χ3n) is 3.93. The van der Waals surface area contributed by atoms with Crippen molar-refractivity contribution in [2.45, 2.75) is 24.2 Å². The summed E-state index contributed by atoms with van der Waals surface area (Å²) >= 11 is 0. The van der Waals surface area contributed by atoms with E-state index in [1.165, 1.54) is 19.3 Å². The molecule has 5 nitrogen and oxygen atoms in total. The quantitative estimate of drug-likeness (QED) is 0.884. The summed E-state index contributed by atoms with van der Waals surface area (Å²) in [5.74, 6) is 0. The number of hydrogen-bond acceptors (Lipinski definition) is 3. The Labute approximate surface area is 125 Å². The Bertz CT molecular complexity index is 703. The average molecular weight is 306 g/mol. The Morgan fingerprint density at radius 1 is 1.24 bits per heavy atom. The molecule has 113 valence electrons. The highest BCUT2D eigenvalue weighted by Gasteiger charge is 2.16. The molecule has 6 heteroatoms. The summed E-state index contributed by atoms with van der Waals surface area (Å²) in [6.45, 7) is 3.38. The Balaban J connectivity index is 1.62. The first-order valence-electron chi connectivity index (χ1n) is 7.36. The molecule has 1 aromatic heterocycles. The zero-order valence-electron chi connectivity index (χ0n) is 11.9. The predicted molar refractivity (Wildman–Crippen MR) is 82.6 cm³/mol. The van der Waals surface area contributed by atoms with Crippen LogP contribution < -0.4 is 4.72 Å². The molecule has 0 spiro atoms. The van der Waals surface area contributed by atoms with Crippen LogP contribution >= 0.6 is 0 Å². The second kappa shape index (κ2) is 6.17. The van der Waals surface area contributed by atoms with Crippen LogP contribution in [0.1, 0.15) is 19.3 Å². The van der Waals surface area contributed by atoms with Gasteiger partial charge < -0.3 is 9.88 Å². The van der Waals surface area contributed by atoms with Crippen LogP contribution in [0.4, 0.5) is 0 Å². The van der Waals surface area contributed by atoms with Gasteiger partial charge in [0.25, 0.3) is 0 Å². The molecule has 2 aromatic rings. The highest BCUT2D eigenvalue weighted by molar-refractivity contribution is 7.89. The van der Waals surface area contributed by atoms with Crippen molar-refractivity contribution in [3.05, 3.63) is 30.5 Å². The van der Waals surface area contributed by atoms with E-state index in [0.717, 1.165) is 30.5 Å². The molecule has 1 aromatic carbocycles. The zero-order chi connectivity index (χ0) is 14.7. The molecule has 0 saturated carbocycles. The van der Waals surface area contributed by atoms with Crippen LogP contribution in [0.5, 0.6) is 0 Å². The van der Waals surface area contributed by atoms with Crippen molar-refractivity contribution in [2.24, 2.45) is 0 Å². The van der Waals surface area contributed by atoms with Crippen molar-refractivity contribution in [1.29, 1.82) is 0 Å². The normalized spacial score (nSPS) is 17.3. The molecule has 1 aliphatic rings. The van der Waals surface area contributed by atoms with Gasteiger partial charge in [0.15, 0.2) is 0 Å². The topological polar surface area (TPSA) is 65.2 Å². The van der Waals surface area contributed by atoms with Gasteiger partial charge in [-0.1, -0.05) is 12.5 Å². The van der Waals surface area contributed by atoms with Crippen molar-refractivity contribution in [3.8, 4) is 0 Å². The molecule has 1 radical (unpaired) electrons. The van der Waals surface area contributed by atoms with Gasteiger partial charge in [-0.2, -0.15) is 0 Å². The maximum atomic E-state index is 12.3. The molecule has 2 heterocycles. The molecule has 0 atom stereocenters. The van der Waals surface area contributed by atoms with Crippen molar-refractivity contribution in [2.75, 3.05) is 26.2 Å². The van der Waals surface area contributed by atoms with Crippen LogP contribution in [0, 0.1) is 6.07 Å². The Hall–Kier alpha value is -1.37. The molecule has 0 unspecified atom stereocenters. The van der Waals surface area contributed by atoms with E-state index in [-0.39, 0.29) is 0 Å². The third kappa shape index (κ3) is 3.45. The van der Waals surface area contributed by atoms with Crippen molar-refractivity contribution in [1.82, 2.24) is 14.6 Å². The van der Waals surface area contributed by atoms with Crippen LogP contribution in [0.2, 0.25) is 0 Å². The zero-order valence-corrected chi connectivity index (χ0v) is 12.7. The smallest absolute Gasteiger partial charge is 0.240 e. The van der Waals surface area contributed by atoms with Crippen LogP contribution in [-0.4, -0.2) is 44.5 Å². The number of aromatic amines is 1. The number of likely N-dealkylation sites (tertiary alicyclic amines) is 1. The fraction of sp³-hybridized carbons (Fsp3) is 0.467. The van der Waals surface area contributed by atoms with E-state index in [1.807, 2.05) is 0 Å². The minimum atomic E-state index is -3.44. The Morgan fingerprint density at radius 2 is 2.05 bits per heavy atom. The lowest BCUT2D eigenvalue weighted by atomic mass is 10.1. The monoisotopic (exact) mass is 306 g/mol. The fourth-order valence-electron chi connectivity index (χ4n) is 2.73. The lowest BCUT2D eigenvalue weighted by Gasteiger charge is -2.26. The largest absolute Gasteiger partial charge is 0.361 e. The van der Waals surface area contributed by atoms with Crippen molar-refractivity contribution < 1.29 is 8.42 Å². The number of hydrogen-bond donors (Lipinski definition) is 2. The molecule has 0 amide bonds. The highest BCUT2D eigenvalue weighted by atomic mass is 32.2. The standard InChI is InChI=1S/C15H20N3O2S/c19-21(20,17-8-11-18-9-2-1-3-10-18)14-5-4-13-6-7-16-15(13)12-14/h4-5,7,12,16-17H,1-3,8-11H2. The van der Waals surface area contributed by atoms with Crippen molar-refractivity contribution >= 4 is 20.9 Å². The first kappa shape index (κ1) is 14.6. The molecule has 1 aliphatic heterocycles. The minimum absolute atomic E-state index is 0.296. The highest BCUT2D eigenvalue weighted by Crippen LogP contribution is 2.17. The van der Waals surface area contributed by atoms with Gasteiger partial charge in [0.2, 0.25) is 10.0 Å². The first-order valence-corrected chi connectivity index (χ1v) is 8.84. The average Bonchev–Trinajstić information content (AvgIpc) is 2.95. The summed E-state index contributed by atoms with van der Waals surface area (Å²) in [6.07, 6.45) is 5.40. The third-order valence-corrected chi connectivity index (χ3v) is 5.38. The van der Waals surface area contributed by atoms with Crippen LogP contribution in [0.15, 0.2) is 29.3 Å². The van der Waals surface area contributed by atoms with Gasteiger partial charge in [0.05, 0.1) is 4.90 Å². The molecule has 1 fully saturated rings. The summed E-state index contributed by atoms with van der Waals surface area (Å²) < 4.78 is 27.3. The van der Waals surface area contributed by atoms with E-state index in [0.29, 0.717) is 11.4 Å². The lowest BCUT2D eigenvalue weighted by molar-refractivity contribution is 0.233. The van der Waals surface area contributed by atoms with E-state index in [9.17, 15) is 8.42 Å². The number of piperidine rings is 1. The number of rotatable bonds is 5. The van der Waals surface area contributed by atoms with E-state index in [2.05, 4.69) is 20.7 Å². The molecule has 1 saturated heterocycles. The number of benzene rings is 1. The van der Waals surface area contributed by atoms with Gasteiger partial charge in [0, 0.05) is 36.3 Å². The molecular formula is C15H20N3O2S. The first-order chi connectivity index (χ1) is 10.1. The molecule has 3 rings (SSSR count). The molecule has 2 N–H and O–H groups in total. The second-order valence-corrected chi connectivity index (χ2v) is 7.21. The maximum absolute atomic E-state index is 12.3. The molecule has 21 heavy (non-hydrogen) atoms. The maximum Gasteiger partial charge on any atom is 0.240 e. The fourth-order valence-corrected chi connectivity index (χ4v) is 3.78. The SMILES string of the molecule is O=S(=O)(NCCN1CCCCC1)c1ccc2[c]c[nH]c2c1. The summed E-state index contributed by atoms with van der Waals surface area (Å²) in [5.41, 5.74) is 0.786. The van der Waals surface area contributed by atoms with Gasteiger partial charge in [0.1, 0.15) is 0 Å². The van der Waals surface area contributed by atoms with E-state index >= 15 is 0 Å². The number of aromatic nitrogens is 1. The van der Waals surface area contributed by atoms with E-state index < -0.39 is 10.0 Å². The van der Waals surface area contributed by atoms with E-state index in [4.69, 9.17) is 0 Å². The number of nitrogens with one attached hydrogen (secondary N) is 2. The van der Waals surface area contributed by atoms with Crippen molar-refractivity contribution in [3.63, 3.8) is 0 Å². The number of sulfonamides is 1. The number of nitrogens with zero attached hydrogens (tertiary/aromatic N) is 1. The Kier molecular flexibility index (Phi) is 4.28. The summed E-state index contributed by atoms with van der Waals surface area (Å²) in [7, 11) is -3.44. The number of H-pyrrole nitrogens is 1. The van der Waals surface area contributed by atoms with E-state index in [1.54, 1.807) is 24.4 Å². The van der Waals surface area contributed by atoms with Gasteiger partial charge in [-0.15, -0.1) is 0 Å². The molecule has 0 aliphatic carbocycles. The predicted octanol–water partition coefficient (Wildman–Crippen LogP) is 1.73. The minimum Gasteiger partial charge on any atom is -0.361 e. The van der Waals surface area contributed by atoms with Crippen LogP contribution in [0.25, 0.3) is 10.9 Å². The lowest BCUT2D eigenvalue weighted by Crippen LogP contribution is -2.37. The van der Waals surface area contributed by atoms with Gasteiger partial charge >= 0.3 is 0 Å². The Morgan fingerprint density at radius 3 is 2.86 bits per heavy atom. The molecular weight excluding hydrogens is 286 g/mol. The van der Waals surface area contributed by atoms with Gasteiger partial charge in [-0.3, -0.25) is 0 Å². The van der Waals surface area contributed by atoms with Crippen LogP contribution in [0.3, 0.4) is 0 Å². The van der Waals surface area contributed by atoms with Gasteiger partial charge in [-0.05, 0) is 38.1 Å². The molecule has 0 bridgehead atoms.